The van der Waals surface area contributed by atoms with Crippen molar-refractivity contribution in [2.75, 3.05) is 16.4 Å². The highest BCUT2D eigenvalue weighted by atomic mass is 19.1. The van der Waals surface area contributed by atoms with E-state index in [4.69, 9.17) is 15.7 Å². The van der Waals surface area contributed by atoms with E-state index in [0.717, 1.165) is 6.07 Å². The molecule has 9 heteroatoms. The number of nitrogen functional groups attached to an aromatic ring is 1. The maximum atomic E-state index is 14.1. The lowest BCUT2D eigenvalue weighted by Gasteiger charge is -2.25. The van der Waals surface area contributed by atoms with E-state index in [0.29, 0.717) is 41.0 Å². The highest BCUT2D eigenvalue weighted by molar-refractivity contribution is 6.01. The molecule has 0 radical (unpaired) electrons. The number of nitrogens with two attached hydrogens (primary N) is 1. The van der Waals surface area contributed by atoms with Crippen molar-refractivity contribution in [2.45, 2.75) is 25.9 Å². The maximum Gasteiger partial charge on any atom is 0.412 e. The second-order valence-electron chi connectivity index (χ2n) is 8.38. The van der Waals surface area contributed by atoms with E-state index in [1.54, 1.807) is 54.6 Å². The van der Waals surface area contributed by atoms with Gasteiger partial charge in [0.1, 0.15) is 6.10 Å². The SMILES string of the molecule is C[C@@H](CC/C=C/C(=O)Nc1ccccc1N)[C@H](OC(=O)Nc1ccc(C#N)cc1)c1ccc(O)c(F)c1. The normalized spacial score (nSPS) is 12.4. The Kier molecular flexibility index (Phi) is 9.22. The van der Waals surface area contributed by atoms with Gasteiger partial charge in [-0.15, -0.1) is 0 Å². The Labute approximate surface area is 214 Å². The van der Waals surface area contributed by atoms with Crippen molar-refractivity contribution in [2.24, 2.45) is 5.92 Å². The molecule has 37 heavy (non-hydrogen) atoms. The van der Waals surface area contributed by atoms with Gasteiger partial charge < -0.3 is 20.9 Å². The number of nitrogens with one attached hydrogen (secondary N) is 2. The largest absolute Gasteiger partial charge is 0.505 e. The van der Waals surface area contributed by atoms with E-state index in [1.165, 1.54) is 18.2 Å². The fourth-order valence-corrected chi connectivity index (χ4v) is 3.59. The Morgan fingerprint density at radius 2 is 1.86 bits per heavy atom. The van der Waals surface area contributed by atoms with Crippen LogP contribution in [0.4, 0.5) is 26.2 Å². The number of para-hydroxylation sites is 2. The van der Waals surface area contributed by atoms with E-state index >= 15 is 0 Å². The van der Waals surface area contributed by atoms with Gasteiger partial charge in [0.05, 0.1) is 23.0 Å². The van der Waals surface area contributed by atoms with E-state index < -0.39 is 23.8 Å². The van der Waals surface area contributed by atoms with Crippen molar-refractivity contribution < 1.29 is 23.8 Å². The molecule has 0 aliphatic carbocycles. The molecule has 0 spiro atoms. The Balaban J connectivity index is 1.64. The van der Waals surface area contributed by atoms with Gasteiger partial charge in [0.25, 0.3) is 0 Å². The molecule has 0 aliphatic rings. The number of phenolic OH excluding ortho intramolecular Hbond substituents is 1. The zero-order chi connectivity index (χ0) is 26.8. The number of hydrogen-bond acceptors (Lipinski definition) is 6. The summed E-state index contributed by atoms with van der Waals surface area (Å²) < 4.78 is 19.7. The Morgan fingerprint density at radius 3 is 2.54 bits per heavy atom. The molecule has 3 aromatic carbocycles. The van der Waals surface area contributed by atoms with E-state index in [2.05, 4.69) is 10.6 Å². The third kappa shape index (κ3) is 7.83. The number of carbonyl (C=O) groups excluding carboxylic acids is 2. The molecule has 0 heterocycles. The van der Waals surface area contributed by atoms with Gasteiger partial charge in [-0.05, 0) is 78.9 Å². The molecule has 0 aliphatic heterocycles. The fraction of sp³-hybridized carbons (Fsp3) is 0.179. The van der Waals surface area contributed by atoms with E-state index in [-0.39, 0.29) is 11.8 Å². The number of halogens is 1. The van der Waals surface area contributed by atoms with Gasteiger partial charge in [-0.3, -0.25) is 10.1 Å². The summed E-state index contributed by atoms with van der Waals surface area (Å²) in [4.78, 5) is 24.8. The van der Waals surface area contributed by atoms with Gasteiger partial charge >= 0.3 is 6.09 Å². The van der Waals surface area contributed by atoms with Gasteiger partial charge in [-0.25, -0.2) is 9.18 Å². The monoisotopic (exact) mass is 502 g/mol. The van der Waals surface area contributed by atoms with Crippen LogP contribution >= 0.6 is 0 Å². The summed E-state index contributed by atoms with van der Waals surface area (Å²) in [6.07, 6.45) is 2.49. The zero-order valence-electron chi connectivity index (χ0n) is 20.1. The van der Waals surface area contributed by atoms with E-state index in [9.17, 15) is 19.1 Å². The molecule has 5 N–H and O–H groups in total. The number of aromatic hydroxyl groups is 1. The van der Waals surface area contributed by atoms with Crippen LogP contribution in [-0.2, 0) is 9.53 Å². The van der Waals surface area contributed by atoms with Crippen molar-refractivity contribution in [1.29, 1.82) is 5.26 Å². The van der Waals surface area contributed by atoms with Gasteiger partial charge in [-0.2, -0.15) is 5.26 Å². The molecule has 0 aromatic heterocycles. The fourth-order valence-electron chi connectivity index (χ4n) is 3.59. The van der Waals surface area contributed by atoms with Crippen molar-refractivity contribution in [3.05, 3.63) is 95.8 Å². The van der Waals surface area contributed by atoms with Crippen LogP contribution in [0.2, 0.25) is 0 Å². The van der Waals surface area contributed by atoms with Gasteiger partial charge in [-0.1, -0.05) is 31.2 Å². The average Bonchev–Trinajstić information content (AvgIpc) is 2.88. The Morgan fingerprint density at radius 1 is 1.14 bits per heavy atom. The molecule has 2 amide bonds. The first-order valence-corrected chi connectivity index (χ1v) is 11.5. The van der Waals surface area contributed by atoms with Crippen LogP contribution in [0.25, 0.3) is 0 Å². The van der Waals surface area contributed by atoms with Gasteiger partial charge in [0, 0.05) is 5.69 Å². The number of amides is 2. The number of ether oxygens (including phenoxy) is 1. The highest BCUT2D eigenvalue weighted by Crippen LogP contribution is 2.32. The molecule has 0 saturated heterocycles. The zero-order valence-corrected chi connectivity index (χ0v) is 20.1. The molecule has 0 bridgehead atoms. The minimum Gasteiger partial charge on any atom is -0.505 e. The van der Waals surface area contributed by atoms with Crippen LogP contribution in [-0.4, -0.2) is 17.1 Å². The molecule has 0 unspecified atom stereocenters. The van der Waals surface area contributed by atoms with E-state index in [1.807, 2.05) is 13.0 Å². The third-order valence-electron chi connectivity index (χ3n) is 5.59. The molecule has 3 aromatic rings. The van der Waals surface area contributed by atoms with Crippen LogP contribution in [0, 0.1) is 23.1 Å². The summed E-state index contributed by atoms with van der Waals surface area (Å²) in [5, 5.41) is 23.8. The van der Waals surface area contributed by atoms with Crippen molar-refractivity contribution in [1.82, 2.24) is 0 Å². The number of benzene rings is 3. The lowest BCUT2D eigenvalue weighted by atomic mass is 9.93. The first-order valence-electron chi connectivity index (χ1n) is 11.5. The second kappa shape index (κ2) is 12.7. The topological polar surface area (TPSA) is 137 Å². The number of nitriles is 1. The number of nitrogens with zero attached hydrogens (tertiary/aromatic N) is 1. The molecular formula is C28H27FN4O4. The molecule has 3 rings (SSSR count). The summed E-state index contributed by atoms with van der Waals surface area (Å²) in [6, 6.07) is 19.0. The number of carbonyl (C=O) groups is 2. The molecular weight excluding hydrogens is 475 g/mol. The van der Waals surface area contributed by atoms with Crippen LogP contribution in [0.5, 0.6) is 5.75 Å². The minimum absolute atomic E-state index is 0.270. The molecule has 190 valence electrons. The highest BCUT2D eigenvalue weighted by Gasteiger charge is 2.24. The lowest BCUT2D eigenvalue weighted by molar-refractivity contribution is -0.111. The molecule has 2 atom stereocenters. The first-order chi connectivity index (χ1) is 17.8. The standard InChI is InChI=1S/C28H27FN4O4/c1-18(6-2-5-9-26(35)33-24-8-4-3-7-23(24)31)27(20-12-15-25(34)22(29)16-20)37-28(36)32-21-13-10-19(17-30)11-14-21/h3-5,7-16,18,27,34H,2,6,31H2,1H3,(H,32,36)(H,33,35)/b9-5+/t18-,27-/m0/s1. The van der Waals surface area contributed by atoms with Crippen LogP contribution in [0.1, 0.15) is 37.0 Å². The molecule has 8 nitrogen and oxygen atoms in total. The summed E-state index contributed by atoms with van der Waals surface area (Å²) in [7, 11) is 0. The second-order valence-corrected chi connectivity index (χ2v) is 8.38. The van der Waals surface area contributed by atoms with Crippen LogP contribution < -0.4 is 16.4 Å². The maximum absolute atomic E-state index is 14.1. The summed E-state index contributed by atoms with van der Waals surface area (Å²) in [6.45, 7) is 1.84. The minimum atomic E-state index is -0.833. The van der Waals surface area contributed by atoms with Gasteiger partial charge in [0.15, 0.2) is 11.6 Å². The van der Waals surface area contributed by atoms with Crippen molar-refractivity contribution in [3.8, 4) is 11.8 Å². The first kappa shape index (κ1) is 26.8. The number of rotatable bonds is 9. The smallest absolute Gasteiger partial charge is 0.412 e. The molecule has 0 fully saturated rings. The predicted octanol–water partition coefficient (Wildman–Crippen LogP) is 5.89. The number of anilines is 3. The summed E-state index contributed by atoms with van der Waals surface area (Å²) in [5.74, 6) is -1.94. The quantitative estimate of drug-likeness (QED) is 0.213. The lowest BCUT2D eigenvalue weighted by Crippen LogP contribution is -2.22. The predicted molar refractivity (Wildman–Crippen MR) is 139 cm³/mol. The average molecular weight is 503 g/mol. The third-order valence-corrected chi connectivity index (χ3v) is 5.59. The van der Waals surface area contributed by atoms with Crippen LogP contribution in [0.3, 0.4) is 0 Å². The number of phenols is 1. The summed E-state index contributed by atoms with van der Waals surface area (Å²) in [5.41, 5.74) is 8.05. The van der Waals surface area contributed by atoms with Crippen molar-refractivity contribution in [3.63, 3.8) is 0 Å². The van der Waals surface area contributed by atoms with Gasteiger partial charge in [0.2, 0.25) is 5.91 Å². The Hall–Kier alpha value is -4.84. The number of allylic oxidation sites excluding steroid dienone is 1. The summed E-state index contributed by atoms with van der Waals surface area (Å²) >= 11 is 0. The van der Waals surface area contributed by atoms with Crippen LogP contribution in [0.15, 0.2) is 78.9 Å². The Bertz CT molecular complexity index is 1320. The number of hydrogen-bond donors (Lipinski definition) is 4. The van der Waals surface area contributed by atoms with Crippen molar-refractivity contribution >= 4 is 29.1 Å². The molecule has 0 saturated carbocycles.